The average Bonchev–Trinajstić information content (AvgIpc) is 2.39. The van der Waals surface area contributed by atoms with Crippen LogP contribution in [0, 0.1) is 5.41 Å². The number of aromatic nitrogens is 1. The van der Waals surface area contributed by atoms with Crippen molar-refractivity contribution in [3.05, 3.63) is 36.0 Å². The molecule has 2 rings (SSSR count). The molecule has 0 atom stereocenters. The van der Waals surface area contributed by atoms with Crippen molar-refractivity contribution in [2.24, 2.45) is 5.41 Å². The smallest absolute Gasteiger partial charge is 0.243 e. The Morgan fingerprint density at radius 2 is 2.00 bits per heavy atom. The SMILES string of the molecule is CC(C)(C)C1=CCN(S(=O)(=O)c2ccccn2)CC1. The van der Waals surface area contributed by atoms with E-state index in [1.807, 2.05) is 6.08 Å². The molecular weight excluding hydrogens is 260 g/mol. The Hall–Kier alpha value is -1.20. The molecule has 0 saturated heterocycles. The second-order valence-corrected chi connectivity index (χ2v) is 7.65. The summed E-state index contributed by atoms with van der Waals surface area (Å²) in [5, 5.41) is 0.127. The van der Waals surface area contributed by atoms with Gasteiger partial charge in [-0.15, -0.1) is 0 Å². The van der Waals surface area contributed by atoms with Crippen LogP contribution in [0.3, 0.4) is 0 Å². The normalized spacial score (nSPS) is 18.2. The van der Waals surface area contributed by atoms with Crippen molar-refractivity contribution in [3.63, 3.8) is 0 Å². The summed E-state index contributed by atoms with van der Waals surface area (Å²) in [6, 6.07) is 4.95. The van der Waals surface area contributed by atoms with E-state index in [1.165, 1.54) is 16.1 Å². The van der Waals surface area contributed by atoms with Crippen LogP contribution in [0.5, 0.6) is 0 Å². The van der Waals surface area contributed by atoms with Crippen LogP contribution in [0.4, 0.5) is 0 Å². The first-order chi connectivity index (χ1) is 8.82. The molecule has 0 spiro atoms. The van der Waals surface area contributed by atoms with E-state index in [-0.39, 0.29) is 10.4 Å². The summed E-state index contributed by atoms with van der Waals surface area (Å²) in [6.07, 6.45) is 4.33. The van der Waals surface area contributed by atoms with Gasteiger partial charge in [0.2, 0.25) is 0 Å². The Labute approximate surface area is 115 Å². The lowest BCUT2D eigenvalue weighted by Gasteiger charge is -2.31. The second kappa shape index (κ2) is 5.06. The largest absolute Gasteiger partial charge is 0.260 e. The number of sulfonamides is 1. The Bertz CT molecular complexity index is 571. The van der Waals surface area contributed by atoms with E-state index in [2.05, 4.69) is 25.8 Å². The molecule has 0 amide bonds. The van der Waals surface area contributed by atoms with Gasteiger partial charge >= 0.3 is 0 Å². The fourth-order valence-electron chi connectivity index (χ4n) is 2.18. The minimum Gasteiger partial charge on any atom is -0.243 e. The maximum Gasteiger partial charge on any atom is 0.260 e. The van der Waals surface area contributed by atoms with E-state index in [0.717, 1.165) is 6.42 Å². The molecule has 0 N–H and O–H groups in total. The van der Waals surface area contributed by atoms with Gasteiger partial charge in [-0.2, -0.15) is 4.31 Å². The van der Waals surface area contributed by atoms with Gasteiger partial charge in [0.1, 0.15) is 0 Å². The third-order valence-corrected chi connectivity index (χ3v) is 5.16. The van der Waals surface area contributed by atoms with Crippen LogP contribution in [0.25, 0.3) is 0 Å². The number of hydrogen-bond acceptors (Lipinski definition) is 3. The Balaban J connectivity index is 2.21. The predicted molar refractivity (Wildman–Crippen MR) is 75.2 cm³/mol. The van der Waals surface area contributed by atoms with Crippen LogP contribution in [0.15, 0.2) is 41.1 Å². The standard InChI is InChI=1S/C14H20N2O2S/c1-14(2,3)12-7-10-16(11-8-12)19(17,18)13-6-4-5-9-15-13/h4-7,9H,8,10-11H2,1-3H3. The monoisotopic (exact) mass is 280 g/mol. The maximum atomic E-state index is 12.4. The maximum absolute atomic E-state index is 12.4. The molecule has 0 saturated carbocycles. The summed E-state index contributed by atoms with van der Waals surface area (Å²) in [5.41, 5.74) is 1.43. The number of nitrogens with zero attached hydrogens (tertiary/aromatic N) is 2. The van der Waals surface area contributed by atoms with Crippen molar-refractivity contribution in [2.75, 3.05) is 13.1 Å². The minimum absolute atomic E-state index is 0.112. The lowest BCUT2D eigenvalue weighted by Crippen LogP contribution is -2.36. The molecule has 1 aromatic heterocycles. The van der Waals surface area contributed by atoms with Gasteiger partial charge in [-0.3, -0.25) is 0 Å². The summed E-state index contributed by atoms with van der Waals surface area (Å²) in [7, 11) is -3.45. The molecule has 0 aromatic carbocycles. The van der Waals surface area contributed by atoms with Gasteiger partial charge in [0, 0.05) is 19.3 Å². The highest BCUT2D eigenvalue weighted by Crippen LogP contribution is 2.31. The van der Waals surface area contributed by atoms with E-state index in [4.69, 9.17) is 0 Å². The van der Waals surface area contributed by atoms with Gasteiger partial charge < -0.3 is 0 Å². The summed E-state index contributed by atoms with van der Waals surface area (Å²) < 4.78 is 26.2. The number of pyridine rings is 1. The molecule has 0 bridgehead atoms. The lowest BCUT2D eigenvalue weighted by atomic mass is 9.83. The van der Waals surface area contributed by atoms with E-state index in [0.29, 0.717) is 13.1 Å². The molecule has 2 heterocycles. The zero-order valence-electron chi connectivity index (χ0n) is 11.6. The number of hydrogen-bond donors (Lipinski definition) is 0. The zero-order chi connectivity index (χ0) is 14.1. The Morgan fingerprint density at radius 3 is 2.47 bits per heavy atom. The van der Waals surface area contributed by atoms with Gasteiger partial charge in [-0.1, -0.05) is 38.5 Å². The Kier molecular flexibility index (Phi) is 3.78. The van der Waals surface area contributed by atoms with Crippen molar-refractivity contribution in [1.29, 1.82) is 0 Å². The van der Waals surface area contributed by atoms with Crippen LogP contribution in [-0.2, 0) is 10.0 Å². The summed E-state index contributed by atoms with van der Waals surface area (Å²) in [4.78, 5) is 3.94. The predicted octanol–water partition coefficient (Wildman–Crippen LogP) is 2.45. The van der Waals surface area contributed by atoms with Crippen LogP contribution in [0.2, 0.25) is 0 Å². The van der Waals surface area contributed by atoms with E-state index >= 15 is 0 Å². The quantitative estimate of drug-likeness (QED) is 0.782. The molecule has 0 fully saturated rings. The van der Waals surface area contributed by atoms with E-state index in [1.54, 1.807) is 18.2 Å². The molecular formula is C14H20N2O2S. The van der Waals surface area contributed by atoms with E-state index in [9.17, 15) is 8.42 Å². The first-order valence-corrected chi connectivity index (χ1v) is 7.86. The van der Waals surface area contributed by atoms with Crippen LogP contribution >= 0.6 is 0 Å². The Morgan fingerprint density at radius 1 is 1.26 bits per heavy atom. The minimum atomic E-state index is -3.45. The van der Waals surface area contributed by atoms with Crippen LogP contribution in [0.1, 0.15) is 27.2 Å². The van der Waals surface area contributed by atoms with Crippen molar-refractivity contribution in [3.8, 4) is 0 Å². The molecule has 1 aliphatic rings. The van der Waals surface area contributed by atoms with Gasteiger partial charge in [-0.25, -0.2) is 13.4 Å². The molecule has 19 heavy (non-hydrogen) atoms. The third kappa shape index (κ3) is 3.04. The highest BCUT2D eigenvalue weighted by atomic mass is 32.2. The molecule has 0 aliphatic carbocycles. The summed E-state index contributed by atoms with van der Waals surface area (Å²) in [6.45, 7) is 7.43. The van der Waals surface area contributed by atoms with Crippen molar-refractivity contribution in [2.45, 2.75) is 32.2 Å². The summed E-state index contributed by atoms with van der Waals surface area (Å²) in [5.74, 6) is 0. The highest BCUT2D eigenvalue weighted by Gasteiger charge is 2.29. The fourth-order valence-corrected chi connectivity index (χ4v) is 3.49. The topological polar surface area (TPSA) is 50.3 Å². The molecule has 1 aromatic rings. The summed E-state index contributed by atoms with van der Waals surface area (Å²) >= 11 is 0. The van der Waals surface area contributed by atoms with Crippen LogP contribution < -0.4 is 0 Å². The van der Waals surface area contributed by atoms with Crippen LogP contribution in [-0.4, -0.2) is 30.8 Å². The molecule has 104 valence electrons. The van der Waals surface area contributed by atoms with Gasteiger partial charge in [0.15, 0.2) is 5.03 Å². The molecule has 1 aliphatic heterocycles. The van der Waals surface area contributed by atoms with Gasteiger partial charge in [0.05, 0.1) is 0 Å². The first-order valence-electron chi connectivity index (χ1n) is 6.42. The first kappa shape index (κ1) is 14.2. The average molecular weight is 280 g/mol. The van der Waals surface area contributed by atoms with E-state index < -0.39 is 10.0 Å². The second-order valence-electron chi connectivity index (χ2n) is 5.76. The number of rotatable bonds is 2. The fraction of sp³-hybridized carbons (Fsp3) is 0.500. The lowest BCUT2D eigenvalue weighted by molar-refractivity contribution is 0.388. The van der Waals surface area contributed by atoms with Crippen molar-refractivity contribution >= 4 is 10.0 Å². The molecule has 4 nitrogen and oxygen atoms in total. The van der Waals surface area contributed by atoms with Crippen molar-refractivity contribution in [1.82, 2.24) is 9.29 Å². The van der Waals surface area contributed by atoms with Gasteiger partial charge in [0.25, 0.3) is 10.0 Å². The zero-order valence-corrected chi connectivity index (χ0v) is 12.4. The molecule has 0 unspecified atom stereocenters. The third-order valence-electron chi connectivity index (χ3n) is 3.38. The molecule has 0 radical (unpaired) electrons. The van der Waals surface area contributed by atoms with Crippen molar-refractivity contribution < 1.29 is 8.42 Å². The molecule has 5 heteroatoms. The van der Waals surface area contributed by atoms with Gasteiger partial charge in [-0.05, 0) is 24.0 Å². The highest BCUT2D eigenvalue weighted by molar-refractivity contribution is 7.89.